The van der Waals surface area contributed by atoms with E-state index < -0.39 is 0 Å². The molecule has 0 saturated heterocycles. The number of fused-ring (bicyclic) bond motifs is 1. The van der Waals surface area contributed by atoms with Gasteiger partial charge in [-0.05, 0) is 29.8 Å². The van der Waals surface area contributed by atoms with Gasteiger partial charge in [0.15, 0.2) is 11.5 Å². The number of hydrogen-bond donors (Lipinski definition) is 1. The summed E-state index contributed by atoms with van der Waals surface area (Å²) in [5.41, 5.74) is 2.21. The zero-order chi connectivity index (χ0) is 11.5. The summed E-state index contributed by atoms with van der Waals surface area (Å²) < 4.78 is 10.6. The van der Waals surface area contributed by atoms with Gasteiger partial charge in [-0.2, -0.15) is 0 Å². The molecule has 2 aromatic rings. The maximum absolute atomic E-state index is 5.33. The Balaban J connectivity index is 1.70. The summed E-state index contributed by atoms with van der Waals surface area (Å²) in [5, 5.41) is 3.32. The van der Waals surface area contributed by atoms with Gasteiger partial charge in [-0.15, -0.1) is 0 Å². The van der Waals surface area contributed by atoms with Crippen LogP contribution in [0.4, 0.5) is 5.69 Å². The third-order valence-electron chi connectivity index (χ3n) is 2.61. The van der Waals surface area contributed by atoms with Crippen LogP contribution in [0.1, 0.15) is 5.56 Å². The van der Waals surface area contributed by atoms with E-state index in [1.54, 1.807) is 12.4 Å². The molecule has 1 aromatic carbocycles. The molecular weight excluding hydrogens is 216 g/mol. The van der Waals surface area contributed by atoms with E-state index in [1.165, 1.54) is 0 Å². The van der Waals surface area contributed by atoms with Gasteiger partial charge in [0.25, 0.3) is 0 Å². The summed E-state index contributed by atoms with van der Waals surface area (Å²) in [6.07, 6.45) is 3.53. The summed E-state index contributed by atoms with van der Waals surface area (Å²) in [7, 11) is 0. The van der Waals surface area contributed by atoms with Crippen LogP contribution in [0.15, 0.2) is 42.7 Å². The van der Waals surface area contributed by atoms with E-state index in [-0.39, 0.29) is 0 Å². The van der Waals surface area contributed by atoms with E-state index in [0.717, 1.165) is 29.3 Å². The number of pyridine rings is 1. The first kappa shape index (κ1) is 9.96. The van der Waals surface area contributed by atoms with Crippen LogP contribution in [0.3, 0.4) is 0 Å². The highest BCUT2D eigenvalue weighted by Gasteiger charge is 2.12. The molecule has 1 aromatic heterocycles. The van der Waals surface area contributed by atoms with E-state index in [4.69, 9.17) is 9.47 Å². The molecule has 0 unspecified atom stereocenters. The predicted molar refractivity (Wildman–Crippen MR) is 64.1 cm³/mol. The normalized spacial score (nSPS) is 12.5. The van der Waals surface area contributed by atoms with Gasteiger partial charge in [-0.1, -0.05) is 6.07 Å². The Labute approximate surface area is 99.2 Å². The average molecular weight is 228 g/mol. The zero-order valence-electron chi connectivity index (χ0n) is 9.22. The minimum Gasteiger partial charge on any atom is -0.454 e. The van der Waals surface area contributed by atoms with Crippen molar-refractivity contribution in [1.29, 1.82) is 0 Å². The maximum atomic E-state index is 5.33. The molecule has 4 heteroatoms. The van der Waals surface area contributed by atoms with Crippen molar-refractivity contribution in [2.45, 2.75) is 6.54 Å². The van der Waals surface area contributed by atoms with Gasteiger partial charge in [0.1, 0.15) is 0 Å². The average Bonchev–Trinajstić information content (AvgIpc) is 2.85. The van der Waals surface area contributed by atoms with Crippen molar-refractivity contribution < 1.29 is 9.47 Å². The van der Waals surface area contributed by atoms with Crippen molar-refractivity contribution in [3.05, 3.63) is 48.3 Å². The van der Waals surface area contributed by atoms with Crippen LogP contribution in [-0.4, -0.2) is 11.8 Å². The molecule has 0 atom stereocenters. The van der Waals surface area contributed by atoms with Crippen LogP contribution in [0.2, 0.25) is 0 Å². The molecule has 1 aliphatic heterocycles. The molecule has 3 rings (SSSR count). The monoisotopic (exact) mass is 228 g/mol. The van der Waals surface area contributed by atoms with Gasteiger partial charge in [0, 0.05) is 24.6 Å². The van der Waals surface area contributed by atoms with Gasteiger partial charge >= 0.3 is 0 Å². The van der Waals surface area contributed by atoms with Gasteiger partial charge < -0.3 is 14.8 Å². The smallest absolute Gasteiger partial charge is 0.231 e. The minimum absolute atomic E-state index is 0.316. The second-order valence-corrected chi connectivity index (χ2v) is 3.78. The first-order valence-corrected chi connectivity index (χ1v) is 5.44. The molecule has 0 aliphatic carbocycles. The van der Waals surface area contributed by atoms with Gasteiger partial charge in [0.2, 0.25) is 6.79 Å². The third-order valence-corrected chi connectivity index (χ3v) is 2.61. The number of hydrogen-bond acceptors (Lipinski definition) is 4. The third kappa shape index (κ3) is 2.15. The zero-order valence-corrected chi connectivity index (χ0v) is 9.22. The van der Waals surface area contributed by atoms with E-state index in [0.29, 0.717) is 6.79 Å². The Morgan fingerprint density at radius 2 is 1.88 bits per heavy atom. The fraction of sp³-hybridized carbons (Fsp3) is 0.154. The first-order valence-electron chi connectivity index (χ1n) is 5.44. The second-order valence-electron chi connectivity index (χ2n) is 3.78. The standard InChI is InChI=1S/C13H12N2O2/c1-2-12-13(17-9-16-12)7-10(1)8-15-11-3-5-14-6-4-11/h1-7H,8-9H2,(H,14,15). The Kier molecular flexibility index (Phi) is 2.54. The number of nitrogens with zero attached hydrogens (tertiary/aromatic N) is 1. The van der Waals surface area contributed by atoms with Gasteiger partial charge in [-0.25, -0.2) is 0 Å². The molecule has 0 bridgehead atoms. The van der Waals surface area contributed by atoms with E-state index in [2.05, 4.69) is 10.3 Å². The van der Waals surface area contributed by atoms with Crippen molar-refractivity contribution >= 4 is 5.69 Å². The van der Waals surface area contributed by atoms with E-state index >= 15 is 0 Å². The van der Waals surface area contributed by atoms with Crippen LogP contribution in [0, 0.1) is 0 Å². The fourth-order valence-corrected chi connectivity index (χ4v) is 1.72. The minimum atomic E-state index is 0.316. The topological polar surface area (TPSA) is 43.4 Å². The molecule has 1 N–H and O–H groups in total. The molecule has 2 heterocycles. The molecule has 1 aliphatic rings. The Bertz CT molecular complexity index is 514. The molecular formula is C13H12N2O2. The van der Waals surface area contributed by atoms with Crippen LogP contribution in [0.5, 0.6) is 11.5 Å². The quantitative estimate of drug-likeness (QED) is 0.876. The van der Waals surface area contributed by atoms with Gasteiger partial charge in [0.05, 0.1) is 0 Å². The Morgan fingerprint density at radius 1 is 1.06 bits per heavy atom. The summed E-state index contributed by atoms with van der Waals surface area (Å²) in [6.45, 7) is 1.07. The largest absolute Gasteiger partial charge is 0.454 e. The Morgan fingerprint density at radius 3 is 2.76 bits per heavy atom. The molecule has 0 radical (unpaired) electrons. The highest BCUT2D eigenvalue weighted by Crippen LogP contribution is 2.32. The number of rotatable bonds is 3. The van der Waals surface area contributed by atoms with Crippen molar-refractivity contribution in [1.82, 2.24) is 4.98 Å². The van der Waals surface area contributed by atoms with Crippen molar-refractivity contribution in [2.75, 3.05) is 12.1 Å². The first-order chi connectivity index (χ1) is 8.42. The van der Waals surface area contributed by atoms with Crippen LogP contribution in [0.25, 0.3) is 0 Å². The fourth-order valence-electron chi connectivity index (χ4n) is 1.72. The maximum Gasteiger partial charge on any atom is 0.231 e. The van der Waals surface area contributed by atoms with Crippen LogP contribution in [-0.2, 0) is 6.54 Å². The number of nitrogens with one attached hydrogen (secondary N) is 1. The lowest BCUT2D eigenvalue weighted by molar-refractivity contribution is 0.174. The highest BCUT2D eigenvalue weighted by atomic mass is 16.7. The number of anilines is 1. The number of ether oxygens (including phenoxy) is 2. The van der Waals surface area contributed by atoms with E-state index in [9.17, 15) is 0 Å². The van der Waals surface area contributed by atoms with Crippen molar-refractivity contribution in [3.8, 4) is 11.5 Å². The summed E-state index contributed by atoms with van der Waals surface area (Å²) in [5.74, 6) is 1.64. The lowest BCUT2D eigenvalue weighted by Crippen LogP contribution is -1.99. The van der Waals surface area contributed by atoms with E-state index in [1.807, 2.05) is 30.3 Å². The number of aromatic nitrogens is 1. The lowest BCUT2D eigenvalue weighted by Gasteiger charge is -2.06. The molecule has 0 fully saturated rings. The molecule has 0 spiro atoms. The van der Waals surface area contributed by atoms with Crippen molar-refractivity contribution in [2.24, 2.45) is 0 Å². The lowest BCUT2D eigenvalue weighted by atomic mass is 10.2. The SMILES string of the molecule is c1cc(NCc2ccc3c(c2)OCO3)ccn1. The number of benzene rings is 1. The Hall–Kier alpha value is -2.23. The second kappa shape index (κ2) is 4.33. The molecule has 0 saturated carbocycles. The van der Waals surface area contributed by atoms with Crippen LogP contribution < -0.4 is 14.8 Å². The molecule has 4 nitrogen and oxygen atoms in total. The van der Waals surface area contributed by atoms with Gasteiger partial charge in [-0.3, -0.25) is 4.98 Å². The highest BCUT2D eigenvalue weighted by molar-refractivity contribution is 5.46. The molecule has 17 heavy (non-hydrogen) atoms. The summed E-state index contributed by atoms with van der Waals surface area (Å²) in [4.78, 5) is 3.97. The predicted octanol–water partition coefficient (Wildman–Crippen LogP) is 2.42. The molecule has 86 valence electrons. The summed E-state index contributed by atoms with van der Waals surface area (Å²) in [6, 6.07) is 9.84. The van der Waals surface area contributed by atoms with Crippen molar-refractivity contribution in [3.63, 3.8) is 0 Å². The molecule has 0 amide bonds. The van der Waals surface area contributed by atoms with Crippen LogP contribution >= 0.6 is 0 Å². The summed E-state index contributed by atoms with van der Waals surface area (Å²) >= 11 is 0.